The van der Waals surface area contributed by atoms with Crippen LogP contribution in [0.5, 0.6) is 0 Å². The van der Waals surface area contributed by atoms with Gasteiger partial charge in [0.25, 0.3) is 0 Å². The first-order chi connectivity index (χ1) is 8.22. The van der Waals surface area contributed by atoms with Crippen molar-refractivity contribution < 1.29 is 13.9 Å². The maximum absolute atomic E-state index is 12.1. The van der Waals surface area contributed by atoms with Crippen LogP contribution in [0, 0.1) is 0 Å². The van der Waals surface area contributed by atoms with Gasteiger partial charge >= 0.3 is 0 Å². The number of ether oxygens (including phenoxy) is 1. The number of carbonyl (C=O) groups is 1. The number of rotatable bonds is 6. The molecule has 5 heteroatoms. The molecular weight excluding hydrogens is 220 g/mol. The molecule has 0 aliphatic heterocycles. The number of nitrogens with zero attached hydrogens (tertiary/aromatic N) is 1. The molecular formula is C12H18N2O3. The largest absolute Gasteiger partial charge is 0.467 e. The summed E-state index contributed by atoms with van der Waals surface area (Å²) in [6.45, 7) is 0.744. The van der Waals surface area contributed by atoms with Gasteiger partial charge in [0.15, 0.2) is 0 Å². The number of nitrogens with two attached hydrogens (primary N) is 1. The number of hydrogen-bond donors (Lipinski definition) is 1. The average Bonchev–Trinajstić information content (AvgIpc) is 3.03. The molecule has 1 amide bonds. The average molecular weight is 238 g/mol. The molecule has 1 atom stereocenters. The van der Waals surface area contributed by atoms with E-state index in [0.29, 0.717) is 12.6 Å². The van der Waals surface area contributed by atoms with Gasteiger partial charge in [-0.05, 0) is 25.0 Å². The minimum atomic E-state index is -0.587. The lowest BCUT2D eigenvalue weighted by Crippen LogP contribution is -2.46. The van der Waals surface area contributed by atoms with Gasteiger partial charge in [0.2, 0.25) is 5.91 Å². The van der Waals surface area contributed by atoms with Gasteiger partial charge in [0, 0.05) is 13.2 Å². The lowest BCUT2D eigenvalue weighted by Gasteiger charge is -2.24. The molecule has 5 nitrogen and oxygen atoms in total. The van der Waals surface area contributed by atoms with Crippen LogP contribution in [0.2, 0.25) is 0 Å². The van der Waals surface area contributed by atoms with E-state index >= 15 is 0 Å². The quantitative estimate of drug-likeness (QED) is 0.793. The maximum Gasteiger partial charge on any atom is 0.242 e. The third-order valence-corrected chi connectivity index (χ3v) is 2.84. The summed E-state index contributed by atoms with van der Waals surface area (Å²) >= 11 is 0. The van der Waals surface area contributed by atoms with E-state index in [1.165, 1.54) is 0 Å². The molecule has 1 aliphatic rings. The summed E-state index contributed by atoms with van der Waals surface area (Å²) in [7, 11) is 1.54. The predicted molar refractivity (Wildman–Crippen MR) is 62.1 cm³/mol. The van der Waals surface area contributed by atoms with Gasteiger partial charge in [-0.25, -0.2) is 0 Å². The Morgan fingerprint density at radius 1 is 1.71 bits per heavy atom. The summed E-state index contributed by atoms with van der Waals surface area (Å²) in [6.07, 6.45) is 3.71. The molecule has 94 valence electrons. The van der Waals surface area contributed by atoms with E-state index in [2.05, 4.69) is 0 Å². The highest BCUT2D eigenvalue weighted by atomic mass is 16.5. The van der Waals surface area contributed by atoms with E-state index in [1.807, 2.05) is 12.1 Å². The van der Waals surface area contributed by atoms with Crippen molar-refractivity contribution in [2.24, 2.45) is 5.73 Å². The molecule has 17 heavy (non-hydrogen) atoms. The summed E-state index contributed by atoms with van der Waals surface area (Å²) in [6, 6.07) is 3.41. The van der Waals surface area contributed by atoms with Crippen molar-refractivity contribution in [3.8, 4) is 0 Å². The van der Waals surface area contributed by atoms with Gasteiger partial charge in [-0.15, -0.1) is 0 Å². The highest BCUT2D eigenvalue weighted by Crippen LogP contribution is 2.28. The lowest BCUT2D eigenvalue weighted by molar-refractivity contribution is -0.135. The minimum absolute atomic E-state index is 0.0641. The van der Waals surface area contributed by atoms with Gasteiger partial charge in [0.1, 0.15) is 11.8 Å². The number of methoxy groups -OCH3 is 1. The summed E-state index contributed by atoms with van der Waals surface area (Å²) in [4.78, 5) is 13.9. The summed E-state index contributed by atoms with van der Waals surface area (Å²) < 4.78 is 10.2. The molecule has 0 spiro atoms. The highest BCUT2D eigenvalue weighted by molar-refractivity contribution is 5.82. The zero-order valence-corrected chi connectivity index (χ0v) is 9.96. The van der Waals surface area contributed by atoms with Crippen LogP contribution in [0.3, 0.4) is 0 Å². The monoisotopic (exact) mass is 238 g/mol. The van der Waals surface area contributed by atoms with Crippen LogP contribution in [-0.2, 0) is 16.1 Å². The fourth-order valence-electron chi connectivity index (χ4n) is 1.81. The van der Waals surface area contributed by atoms with Crippen molar-refractivity contribution in [3.05, 3.63) is 24.2 Å². The van der Waals surface area contributed by atoms with Crippen molar-refractivity contribution in [3.63, 3.8) is 0 Å². The molecule has 1 heterocycles. The molecule has 1 aromatic rings. The Kier molecular flexibility index (Phi) is 3.81. The van der Waals surface area contributed by atoms with E-state index in [-0.39, 0.29) is 12.5 Å². The smallest absolute Gasteiger partial charge is 0.242 e. The third kappa shape index (κ3) is 3.08. The molecule has 0 radical (unpaired) electrons. The minimum Gasteiger partial charge on any atom is -0.467 e. The Labute approximate surface area is 101 Å². The van der Waals surface area contributed by atoms with Crippen LogP contribution in [0.15, 0.2) is 22.8 Å². The fourth-order valence-corrected chi connectivity index (χ4v) is 1.81. The van der Waals surface area contributed by atoms with Crippen LogP contribution in [0.25, 0.3) is 0 Å². The Morgan fingerprint density at radius 3 is 3.00 bits per heavy atom. The summed E-state index contributed by atoms with van der Waals surface area (Å²) in [5.74, 6) is 0.723. The molecule has 1 aromatic heterocycles. The molecule has 0 bridgehead atoms. The number of amides is 1. The zero-order chi connectivity index (χ0) is 12.3. The third-order valence-electron chi connectivity index (χ3n) is 2.84. The SMILES string of the molecule is COCC(N)C(=O)N(Cc1ccco1)C1CC1. The van der Waals surface area contributed by atoms with Crippen LogP contribution >= 0.6 is 0 Å². The summed E-state index contributed by atoms with van der Waals surface area (Å²) in [5.41, 5.74) is 5.78. The second kappa shape index (κ2) is 5.33. The standard InChI is InChI=1S/C12H18N2O3/c1-16-8-11(13)12(15)14(9-4-5-9)7-10-3-2-6-17-10/h2-3,6,9,11H,4-5,7-8,13H2,1H3. The van der Waals surface area contributed by atoms with Crippen LogP contribution in [0.4, 0.5) is 0 Å². The maximum atomic E-state index is 12.1. The van der Waals surface area contributed by atoms with Crippen LogP contribution in [0.1, 0.15) is 18.6 Å². The van der Waals surface area contributed by atoms with Crippen molar-refractivity contribution in [2.75, 3.05) is 13.7 Å². The highest BCUT2D eigenvalue weighted by Gasteiger charge is 2.35. The van der Waals surface area contributed by atoms with Crippen molar-refractivity contribution in [1.82, 2.24) is 4.90 Å². The van der Waals surface area contributed by atoms with Gasteiger partial charge in [-0.2, -0.15) is 0 Å². The van der Waals surface area contributed by atoms with E-state index in [9.17, 15) is 4.79 Å². The molecule has 2 rings (SSSR count). The van der Waals surface area contributed by atoms with Crippen molar-refractivity contribution >= 4 is 5.91 Å². The number of hydrogen-bond acceptors (Lipinski definition) is 4. The van der Waals surface area contributed by atoms with Gasteiger partial charge < -0.3 is 19.8 Å². The van der Waals surface area contributed by atoms with Crippen molar-refractivity contribution in [1.29, 1.82) is 0 Å². The zero-order valence-electron chi connectivity index (χ0n) is 9.96. The Bertz CT molecular complexity index is 360. The Morgan fingerprint density at radius 2 is 2.47 bits per heavy atom. The number of furan rings is 1. The number of carbonyl (C=O) groups excluding carboxylic acids is 1. The van der Waals surface area contributed by atoms with Gasteiger partial charge in [0.05, 0.1) is 19.4 Å². The second-order valence-electron chi connectivity index (χ2n) is 4.34. The van der Waals surface area contributed by atoms with E-state index in [4.69, 9.17) is 14.9 Å². The molecule has 0 aromatic carbocycles. The van der Waals surface area contributed by atoms with Gasteiger partial charge in [-0.3, -0.25) is 4.79 Å². The first kappa shape index (κ1) is 12.1. The molecule has 1 unspecified atom stereocenters. The predicted octanol–water partition coefficient (Wildman–Crippen LogP) is 0.744. The summed E-state index contributed by atoms with van der Waals surface area (Å²) in [5, 5.41) is 0. The topological polar surface area (TPSA) is 68.7 Å². The second-order valence-corrected chi connectivity index (χ2v) is 4.34. The molecule has 1 fully saturated rings. The Balaban J connectivity index is 1.99. The van der Waals surface area contributed by atoms with E-state index in [0.717, 1.165) is 18.6 Å². The van der Waals surface area contributed by atoms with E-state index < -0.39 is 6.04 Å². The normalized spacial score (nSPS) is 16.8. The fraction of sp³-hybridized carbons (Fsp3) is 0.583. The first-order valence-corrected chi connectivity index (χ1v) is 5.79. The van der Waals surface area contributed by atoms with Crippen LogP contribution < -0.4 is 5.73 Å². The first-order valence-electron chi connectivity index (χ1n) is 5.79. The Hall–Kier alpha value is -1.33. The molecule has 1 aliphatic carbocycles. The molecule has 1 saturated carbocycles. The van der Waals surface area contributed by atoms with Crippen molar-refractivity contribution in [2.45, 2.75) is 31.5 Å². The lowest BCUT2D eigenvalue weighted by atomic mass is 10.2. The van der Waals surface area contributed by atoms with Crippen LogP contribution in [-0.4, -0.2) is 36.6 Å². The molecule has 2 N–H and O–H groups in total. The van der Waals surface area contributed by atoms with E-state index in [1.54, 1.807) is 18.3 Å². The van der Waals surface area contributed by atoms with Gasteiger partial charge in [-0.1, -0.05) is 0 Å². The molecule has 0 saturated heterocycles.